The second kappa shape index (κ2) is 3.73. The molecule has 0 aliphatic carbocycles. The van der Waals surface area contributed by atoms with Crippen LogP contribution in [0.3, 0.4) is 0 Å². The Morgan fingerprint density at radius 1 is 1.43 bits per heavy atom. The van der Waals surface area contributed by atoms with E-state index in [2.05, 4.69) is 15.9 Å². The highest BCUT2D eigenvalue weighted by molar-refractivity contribution is 9.10. The molecule has 1 rings (SSSR count). The van der Waals surface area contributed by atoms with Crippen molar-refractivity contribution in [3.63, 3.8) is 0 Å². The van der Waals surface area contributed by atoms with Gasteiger partial charge in [0.1, 0.15) is 15.7 Å². The predicted molar refractivity (Wildman–Crippen MR) is 50.4 cm³/mol. The molecule has 3 nitrogen and oxygen atoms in total. The van der Waals surface area contributed by atoms with E-state index in [4.69, 9.17) is 16.7 Å². The van der Waals surface area contributed by atoms with E-state index < -0.39 is 31.6 Å². The van der Waals surface area contributed by atoms with E-state index in [0.717, 1.165) is 6.07 Å². The van der Waals surface area contributed by atoms with Gasteiger partial charge in [-0.05, 0) is 22.0 Å². The minimum atomic E-state index is -4.28. The Bertz CT molecular complexity index is 491. The van der Waals surface area contributed by atoms with Crippen molar-refractivity contribution in [3.05, 3.63) is 27.2 Å². The third kappa shape index (κ3) is 2.05. The van der Waals surface area contributed by atoms with Crippen LogP contribution in [0.2, 0.25) is 5.02 Å². The Kier molecular flexibility index (Phi) is 3.15. The van der Waals surface area contributed by atoms with Crippen LogP contribution < -0.4 is 5.14 Å². The molecule has 0 saturated carbocycles. The number of rotatable bonds is 1. The van der Waals surface area contributed by atoms with Gasteiger partial charge in [0, 0.05) is 4.47 Å². The van der Waals surface area contributed by atoms with Gasteiger partial charge in [-0.15, -0.1) is 0 Å². The van der Waals surface area contributed by atoms with Crippen LogP contribution in [0.4, 0.5) is 8.78 Å². The Morgan fingerprint density at radius 2 is 1.93 bits per heavy atom. The number of primary sulfonamides is 1. The van der Waals surface area contributed by atoms with E-state index >= 15 is 0 Å². The molecular weight excluding hydrogens is 303 g/mol. The maximum atomic E-state index is 13.2. The maximum Gasteiger partial charge on any atom is 0.242 e. The smallest absolute Gasteiger partial charge is 0.224 e. The normalized spacial score (nSPS) is 11.8. The van der Waals surface area contributed by atoms with E-state index in [1.165, 1.54) is 0 Å². The number of benzene rings is 1. The number of sulfonamides is 1. The Labute approximate surface area is 92.0 Å². The summed E-state index contributed by atoms with van der Waals surface area (Å²) in [6.07, 6.45) is 0. The van der Waals surface area contributed by atoms with Crippen molar-refractivity contribution in [1.29, 1.82) is 0 Å². The molecule has 0 spiro atoms. The van der Waals surface area contributed by atoms with Gasteiger partial charge in [-0.2, -0.15) is 0 Å². The zero-order valence-electron chi connectivity index (χ0n) is 6.39. The SMILES string of the molecule is NS(=O)(=O)c1c(Br)cc(F)c(Cl)c1F. The van der Waals surface area contributed by atoms with Gasteiger partial charge in [-0.25, -0.2) is 22.3 Å². The first-order valence-electron chi connectivity index (χ1n) is 3.11. The lowest BCUT2D eigenvalue weighted by Gasteiger charge is -2.05. The van der Waals surface area contributed by atoms with E-state index in [9.17, 15) is 17.2 Å². The van der Waals surface area contributed by atoms with Crippen molar-refractivity contribution in [2.24, 2.45) is 5.14 Å². The molecule has 0 bridgehead atoms. The summed E-state index contributed by atoms with van der Waals surface area (Å²) in [4.78, 5) is -0.857. The number of hydrogen-bond acceptors (Lipinski definition) is 2. The molecule has 0 amide bonds. The van der Waals surface area contributed by atoms with Crippen LogP contribution in [0.15, 0.2) is 15.4 Å². The molecule has 78 valence electrons. The van der Waals surface area contributed by atoms with Crippen molar-refractivity contribution >= 4 is 37.6 Å². The summed E-state index contributed by atoms with van der Waals surface area (Å²) in [6, 6.07) is 0.727. The third-order valence-corrected chi connectivity index (χ3v) is 3.56. The fourth-order valence-corrected chi connectivity index (χ4v) is 2.75. The van der Waals surface area contributed by atoms with Crippen molar-refractivity contribution in [2.75, 3.05) is 0 Å². The molecule has 14 heavy (non-hydrogen) atoms. The largest absolute Gasteiger partial charge is 0.242 e. The second-order valence-electron chi connectivity index (χ2n) is 2.34. The van der Waals surface area contributed by atoms with Crippen LogP contribution in [0.5, 0.6) is 0 Å². The first-order valence-corrected chi connectivity index (χ1v) is 5.82. The summed E-state index contributed by atoms with van der Waals surface area (Å²) in [5.74, 6) is -2.47. The fourth-order valence-electron chi connectivity index (χ4n) is 0.810. The summed E-state index contributed by atoms with van der Waals surface area (Å²) in [6.45, 7) is 0. The molecule has 2 N–H and O–H groups in total. The molecule has 0 heterocycles. The van der Waals surface area contributed by atoms with Crippen LogP contribution in [0.1, 0.15) is 0 Å². The Morgan fingerprint density at radius 3 is 2.36 bits per heavy atom. The first-order chi connectivity index (χ1) is 6.25. The lowest BCUT2D eigenvalue weighted by atomic mass is 10.3. The average molecular weight is 307 g/mol. The summed E-state index contributed by atoms with van der Waals surface area (Å²) < 4.78 is 47.4. The number of halogens is 4. The standard InChI is InChI=1S/C6H3BrClF2NO2S/c7-2-1-3(9)4(8)5(10)6(2)14(11,12)13/h1H,(H2,11,12,13). The van der Waals surface area contributed by atoms with E-state index in [1.807, 2.05) is 0 Å². The summed E-state index contributed by atoms with van der Waals surface area (Å²) in [5, 5.41) is 3.79. The lowest BCUT2D eigenvalue weighted by molar-refractivity contribution is 0.547. The fraction of sp³-hybridized carbons (Fsp3) is 0. The van der Waals surface area contributed by atoms with Crippen molar-refractivity contribution in [1.82, 2.24) is 0 Å². The molecule has 1 aromatic rings. The molecule has 1 aromatic carbocycles. The minimum absolute atomic E-state index is 0.306. The number of nitrogens with two attached hydrogens (primary N) is 1. The Balaban J connectivity index is 3.70. The number of hydrogen-bond donors (Lipinski definition) is 1. The first kappa shape index (κ1) is 11.8. The molecule has 0 aliphatic rings. The minimum Gasteiger partial charge on any atom is -0.224 e. The van der Waals surface area contributed by atoms with Gasteiger partial charge >= 0.3 is 0 Å². The van der Waals surface area contributed by atoms with Crippen molar-refractivity contribution < 1.29 is 17.2 Å². The van der Waals surface area contributed by atoms with E-state index in [1.54, 1.807) is 0 Å². The van der Waals surface area contributed by atoms with Crippen molar-refractivity contribution in [3.8, 4) is 0 Å². The van der Waals surface area contributed by atoms with Gasteiger partial charge in [0.25, 0.3) is 0 Å². The monoisotopic (exact) mass is 305 g/mol. The summed E-state index contributed by atoms with van der Waals surface area (Å²) in [5.41, 5.74) is 0. The molecule has 0 aromatic heterocycles. The lowest BCUT2D eigenvalue weighted by Crippen LogP contribution is -2.15. The zero-order chi connectivity index (χ0) is 11.1. The highest BCUT2D eigenvalue weighted by atomic mass is 79.9. The third-order valence-electron chi connectivity index (χ3n) is 1.36. The van der Waals surface area contributed by atoms with Gasteiger partial charge in [-0.3, -0.25) is 0 Å². The summed E-state index contributed by atoms with van der Waals surface area (Å²) >= 11 is 7.84. The van der Waals surface area contributed by atoms with Gasteiger partial charge in [0.05, 0.1) is 0 Å². The molecule has 0 unspecified atom stereocenters. The molecular formula is C6H3BrClF2NO2S. The van der Waals surface area contributed by atoms with Crippen LogP contribution in [0.25, 0.3) is 0 Å². The van der Waals surface area contributed by atoms with Gasteiger partial charge in [0.15, 0.2) is 5.82 Å². The molecule has 0 saturated heterocycles. The van der Waals surface area contributed by atoms with Crippen LogP contribution in [-0.4, -0.2) is 8.42 Å². The highest BCUT2D eigenvalue weighted by Gasteiger charge is 2.23. The topological polar surface area (TPSA) is 60.2 Å². The average Bonchev–Trinajstić information content (AvgIpc) is 1.97. The van der Waals surface area contributed by atoms with Crippen LogP contribution >= 0.6 is 27.5 Å². The zero-order valence-corrected chi connectivity index (χ0v) is 9.55. The predicted octanol–water partition coefficient (Wildman–Crippen LogP) is 2.03. The van der Waals surface area contributed by atoms with Crippen molar-refractivity contribution in [2.45, 2.75) is 4.90 Å². The van der Waals surface area contributed by atoms with Crippen LogP contribution in [-0.2, 0) is 10.0 Å². The van der Waals surface area contributed by atoms with Gasteiger partial charge < -0.3 is 0 Å². The molecule has 0 aliphatic heterocycles. The molecule has 8 heteroatoms. The van der Waals surface area contributed by atoms with Crippen LogP contribution in [0, 0.1) is 11.6 Å². The molecule has 0 radical (unpaired) electrons. The highest BCUT2D eigenvalue weighted by Crippen LogP contribution is 2.31. The van der Waals surface area contributed by atoms with Gasteiger partial charge in [0.2, 0.25) is 10.0 Å². The van der Waals surface area contributed by atoms with Gasteiger partial charge in [-0.1, -0.05) is 11.6 Å². The Hall–Kier alpha value is -0.240. The maximum absolute atomic E-state index is 13.2. The molecule has 0 atom stereocenters. The molecule has 0 fully saturated rings. The van der Waals surface area contributed by atoms with E-state index in [0.29, 0.717) is 0 Å². The van der Waals surface area contributed by atoms with E-state index in [-0.39, 0.29) is 4.47 Å². The quantitative estimate of drug-likeness (QED) is 0.637. The second-order valence-corrected chi connectivity index (χ2v) is 5.07. The summed E-state index contributed by atoms with van der Waals surface area (Å²) in [7, 11) is -4.28.